The fourth-order valence-electron chi connectivity index (χ4n) is 10.4. The summed E-state index contributed by atoms with van der Waals surface area (Å²) in [6, 6.07) is 65.0. The van der Waals surface area contributed by atoms with E-state index in [0.717, 1.165) is 5.70 Å². The highest BCUT2D eigenvalue weighted by Gasteiger charge is 2.36. The molecule has 2 heterocycles. The van der Waals surface area contributed by atoms with Crippen molar-refractivity contribution in [1.82, 2.24) is 15.2 Å². The normalized spacial score (nSPS) is 17.5. The number of benzene rings is 8. The third kappa shape index (κ3) is 5.26. The van der Waals surface area contributed by atoms with Gasteiger partial charge in [0.2, 0.25) is 0 Å². The quantitative estimate of drug-likeness (QED) is 0.183. The molecule has 1 aromatic heterocycles. The van der Waals surface area contributed by atoms with Gasteiger partial charge in [0.05, 0.1) is 17.1 Å². The molecule has 0 bridgehead atoms. The minimum Gasteiger partial charge on any atom is -0.352 e. The smallest absolute Gasteiger partial charge is 0.160 e. The minimum absolute atomic E-state index is 0.0311. The van der Waals surface area contributed by atoms with E-state index in [2.05, 4.69) is 229 Å². The number of aromatic nitrogens is 1. The van der Waals surface area contributed by atoms with Crippen LogP contribution in [0.3, 0.4) is 0 Å². The van der Waals surface area contributed by atoms with Gasteiger partial charge in [-0.1, -0.05) is 202 Å². The SMILES string of the molecule is CC1(C)c2ccccc2-c2ccc(-c3ccccc3-c3cccc4c5ccccc5n(C5NC(c6ccc(-c7cccc8ccccc78)cc6)=C6C=CC=CC6N5)c34)cc21. The number of hydrogen-bond acceptors (Lipinski definition) is 2. The Morgan fingerprint density at radius 3 is 2.00 bits per heavy atom. The molecule has 3 aliphatic rings. The molecule has 60 heavy (non-hydrogen) atoms. The van der Waals surface area contributed by atoms with Gasteiger partial charge in [0.25, 0.3) is 0 Å². The van der Waals surface area contributed by atoms with Gasteiger partial charge in [-0.3, -0.25) is 5.32 Å². The van der Waals surface area contributed by atoms with Gasteiger partial charge >= 0.3 is 0 Å². The van der Waals surface area contributed by atoms with Crippen molar-refractivity contribution in [1.29, 1.82) is 0 Å². The zero-order chi connectivity index (χ0) is 40.0. The van der Waals surface area contributed by atoms with Crippen molar-refractivity contribution in [3.8, 4) is 44.5 Å². The van der Waals surface area contributed by atoms with Crippen LogP contribution in [0.25, 0.3) is 82.8 Å². The number of para-hydroxylation sites is 2. The predicted octanol–water partition coefficient (Wildman–Crippen LogP) is 13.8. The summed E-state index contributed by atoms with van der Waals surface area (Å²) in [5.41, 5.74) is 18.7. The first kappa shape index (κ1) is 34.8. The number of nitrogens with zero attached hydrogens (tertiary/aromatic N) is 1. The Morgan fingerprint density at radius 1 is 0.483 bits per heavy atom. The van der Waals surface area contributed by atoms with Crippen LogP contribution in [-0.2, 0) is 5.41 Å². The van der Waals surface area contributed by atoms with Gasteiger partial charge in [-0.05, 0) is 84.1 Å². The summed E-state index contributed by atoms with van der Waals surface area (Å²) in [6.07, 6.45) is 8.60. The van der Waals surface area contributed by atoms with E-state index in [0.29, 0.717) is 0 Å². The fourth-order valence-corrected chi connectivity index (χ4v) is 10.4. The first-order valence-corrected chi connectivity index (χ1v) is 21.1. The van der Waals surface area contributed by atoms with E-state index in [-0.39, 0.29) is 17.7 Å². The van der Waals surface area contributed by atoms with Crippen LogP contribution < -0.4 is 10.6 Å². The predicted molar refractivity (Wildman–Crippen MR) is 252 cm³/mol. The van der Waals surface area contributed by atoms with E-state index in [1.165, 1.54) is 99.3 Å². The molecule has 2 N–H and O–H groups in total. The van der Waals surface area contributed by atoms with Crippen molar-refractivity contribution in [2.75, 3.05) is 0 Å². The topological polar surface area (TPSA) is 29.0 Å². The molecule has 0 spiro atoms. The molecule has 286 valence electrons. The number of hydrogen-bond donors (Lipinski definition) is 2. The van der Waals surface area contributed by atoms with E-state index in [9.17, 15) is 0 Å². The van der Waals surface area contributed by atoms with Gasteiger partial charge in [-0.15, -0.1) is 0 Å². The Hall–Kier alpha value is -7.20. The molecular weight excluding hydrogens is 727 g/mol. The molecule has 2 unspecified atom stereocenters. The van der Waals surface area contributed by atoms with Crippen molar-refractivity contribution in [3.63, 3.8) is 0 Å². The maximum atomic E-state index is 4.06. The zero-order valence-corrected chi connectivity index (χ0v) is 33.7. The molecule has 0 radical (unpaired) electrons. The fraction of sp³-hybridized carbons (Fsp3) is 0.0877. The summed E-state index contributed by atoms with van der Waals surface area (Å²) in [4.78, 5) is 0. The van der Waals surface area contributed by atoms with Gasteiger partial charge in [-0.25, -0.2) is 0 Å². The van der Waals surface area contributed by atoms with Gasteiger partial charge < -0.3 is 9.88 Å². The Balaban J connectivity index is 0.997. The third-order valence-electron chi connectivity index (χ3n) is 13.3. The molecule has 9 aromatic rings. The second kappa shape index (κ2) is 13.4. The van der Waals surface area contributed by atoms with Gasteiger partial charge in [0.15, 0.2) is 6.29 Å². The summed E-state index contributed by atoms with van der Waals surface area (Å²) >= 11 is 0. The average molecular weight is 770 g/mol. The van der Waals surface area contributed by atoms with E-state index in [1.807, 2.05) is 0 Å². The molecule has 12 rings (SSSR count). The van der Waals surface area contributed by atoms with Crippen LogP contribution in [-0.4, -0.2) is 10.6 Å². The minimum atomic E-state index is -0.238. The molecule has 0 saturated heterocycles. The molecule has 0 saturated carbocycles. The van der Waals surface area contributed by atoms with E-state index in [1.54, 1.807) is 0 Å². The molecule has 2 atom stereocenters. The first-order valence-electron chi connectivity index (χ1n) is 21.1. The Morgan fingerprint density at radius 2 is 1.12 bits per heavy atom. The number of allylic oxidation sites excluding steroid dienone is 2. The second-order valence-electron chi connectivity index (χ2n) is 16.9. The van der Waals surface area contributed by atoms with Crippen LogP contribution in [0.15, 0.2) is 206 Å². The lowest BCUT2D eigenvalue weighted by Crippen LogP contribution is -2.48. The lowest BCUT2D eigenvalue weighted by molar-refractivity contribution is 0.363. The van der Waals surface area contributed by atoms with Crippen molar-refractivity contribution in [2.24, 2.45) is 0 Å². The first-order chi connectivity index (χ1) is 29.5. The van der Waals surface area contributed by atoms with Crippen LogP contribution in [0.1, 0.15) is 36.8 Å². The Bertz CT molecular complexity index is 3290. The third-order valence-corrected chi connectivity index (χ3v) is 13.3. The number of rotatable bonds is 5. The summed E-state index contributed by atoms with van der Waals surface area (Å²) in [5, 5.41) is 13.1. The highest BCUT2D eigenvalue weighted by atomic mass is 15.3. The van der Waals surface area contributed by atoms with Crippen molar-refractivity contribution >= 4 is 38.3 Å². The van der Waals surface area contributed by atoms with Crippen LogP contribution in [0.4, 0.5) is 0 Å². The van der Waals surface area contributed by atoms with E-state index in [4.69, 9.17) is 0 Å². The molecular formula is C57H43N3. The maximum Gasteiger partial charge on any atom is 0.160 e. The van der Waals surface area contributed by atoms with Crippen LogP contribution in [0.2, 0.25) is 0 Å². The van der Waals surface area contributed by atoms with Crippen LogP contribution >= 0.6 is 0 Å². The molecule has 2 aliphatic carbocycles. The monoisotopic (exact) mass is 769 g/mol. The highest BCUT2D eigenvalue weighted by molar-refractivity contribution is 6.14. The summed E-state index contributed by atoms with van der Waals surface area (Å²) in [6.45, 7) is 4.73. The molecule has 8 aromatic carbocycles. The zero-order valence-electron chi connectivity index (χ0n) is 33.7. The lowest BCUT2D eigenvalue weighted by atomic mass is 9.81. The maximum absolute atomic E-state index is 4.06. The standard InChI is InChI=1S/C57H43N3/c1-57(2)50-26-10-7-20-44(50)45-34-33-39(35-51(45)57)42-18-5-6-19-43(42)47-24-14-25-48-46-21-9-12-28-53(46)60(55(47)48)56-58-52-27-11-8-22-49(52)54(59-56)38-31-29-37(30-32-38)41-23-13-16-36-15-3-4-17-40(36)41/h3-35,52,56,58-59H,1-2H3. The summed E-state index contributed by atoms with van der Waals surface area (Å²) in [5.74, 6) is 0. The Kier molecular flexibility index (Phi) is 7.79. The lowest BCUT2D eigenvalue weighted by Gasteiger charge is -2.37. The number of nitrogens with one attached hydrogen (secondary N) is 2. The molecule has 1 aliphatic heterocycles. The van der Waals surface area contributed by atoms with Gasteiger partial charge in [0.1, 0.15) is 0 Å². The van der Waals surface area contributed by atoms with Crippen molar-refractivity contribution in [2.45, 2.75) is 31.6 Å². The molecule has 3 nitrogen and oxygen atoms in total. The average Bonchev–Trinajstić information content (AvgIpc) is 3.77. The molecule has 3 heteroatoms. The highest BCUT2D eigenvalue weighted by Crippen LogP contribution is 2.50. The van der Waals surface area contributed by atoms with Crippen LogP contribution in [0, 0.1) is 0 Å². The number of fused-ring (bicyclic) bond motifs is 8. The van der Waals surface area contributed by atoms with E-state index < -0.39 is 0 Å². The van der Waals surface area contributed by atoms with Crippen molar-refractivity contribution < 1.29 is 0 Å². The van der Waals surface area contributed by atoms with Crippen molar-refractivity contribution in [3.05, 3.63) is 222 Å². The molecule has 0 amide bonds. The van der Waals surface area contributed by atoms with Gasteiger partial charge in [-0.2, -0.15) is 0 Å². The molecule has 0 fully saturated rings. The summed E-state index contributed by atoms with van der Waals surface area (Å²) < 4.78 is 2.51. The van der Waals surface area contributed by atoms with Crippen LogP contribution in [0.5, 0.6) is 0 Å². The second-order valence-corrected chi connectivity index (χ2v) is 16.9. The Labute approximate surface area is 350 Å². The van der Waals surface area contributed by atoms with Gasteiger partial charge in [0, 0.05) is 27.4 Å². The summed E-state index contributed by atoms with van der Waals surface area (Å²) in [7, 11) is 0. The van der Waals surface area contributed by atoms with E-state index >= 15 is 0 Å². The largest absolute Gasteiger partial charge is 0.352 e.